The fourth-order valence-corrected chi connectivity index (χ4v) is 2.41. The Morgan fingerprint density at radius 1 is 1.06 bits per heavy atom. The first-order chi connectivity index (χ1) is 8.18. The summed E-state index contributed by atoms with van der Waals surface area (Å²) in [6.45, 7) is 0. The van der Waals surface area contributed by atoms with Gasteiger partial charge in [-0.15, -0.1) is 0 Å². The van der Waals surface area contributed by atoms with E-state index in [0.717, 1.165) is 20.8 Å². The van der Waals surface area contributed by atoms with E-state index in [1.165, 1.54) is 0 Å². The van der Waals surface area contributed by atoms with Crippen LogP contribution in [0.2, 0.25) is 0 Å². The van der Waals surface area contributed by atoms with Gasteiger partial charge in [0.2, 0.25) is 0 Å². The van der Waals surface area contributed by atoms with E-state index < -0.39 is 0 Å². The molecule has 0 aliphatic carbocycles. The SMILES string of the molecule is Nc1c(Br)ccc2c1c(=O)[nH]c1ccccc12. The maximum Gasteiger partial charge on any atom is 0.258 e. The van der Waals surface area contributed by atoms with Crippen molar-refractivity contribution in [1.29, 1.82) is 0 Å². The van der Waals surface area contributed by atoms with E-state index in [1.807, 2.05) is 36.4 Å². The summed E-state index contributed by atoms with van der Waals surface area (Å²) in [5.74, 6) is 0. The highest BCUT2D eigenvalue weighted by Gasteiger charge is 2.09. The molecule has 17 heavy (non-hydrogen) atoms. The van der Waals surface area contributed by atoms with Gasteiger partial charge >= 0.3 is 0 Å². The normalized spacial score (nSPS) is 11.1. The van der Waals surface area contributed by atoms with Crippen molar-refractivity contribution < 1.29 is 0 Å². The van der Waals surface area contributed by atoms with Gasteiger partial charge in [0.1, 0.15) is 0 Å². The number of nitrogen functional groups attached to an aromatic ring is 1. The number of hydrogen-bond donors (Lipinski definition) is 2. The van der Waals surface area contributed by atoms with Crippen LogP contribution >= 0.6 is 15.9 Å². The number of H-pyrrole nitrogens is 1. The summed E-state index contributed by atoms with van der Waals surface area (Å²) >= 11 is 3.34. The molecule has 0 unspecified atom stereocenters. The van der Waals surface area contributed by atoms with E-state index in [4.69, 9.17) is 5.73 Å². The minimum absolute atomic E-state index is 0.155. The average Bonchev–Trinajstić information content (AvgIpc) is 2.33. The minimum Gasteiger partial charge on any atom is -0.397 e. The first-order valence-corrected chi connectivity index (χ1v) is 5.96. The third-order valence-electron chi connectivity index (χ3n) is 2.88. The van der Waals surface area contributed by atoms with Crippen LogP contribution in [0.15, 0.2) is 45.7 Å². The molecule has 0 fully saturated rings. The molecule has 0 aliphatic rings. The molecular weight excluding hydrogens is 280 g/mol. The fourth-order valence-electron chi connectivity index (χ4n) is 2.07. The molecule has 4 heteroatoms. The molecule has 0 amide bonds. The van der Waals surface area contributed by atoms with E-state index in [9.17, 15) is 4.79 Å². The van der Waals surface area contributed by atoms with Crippen LogP contribution in [0.5, 0.6) is 0 Å². The molecule has 0 spiro atoms. The van der Waals surface area contributed by atoms with Gasteiger partial charge in [0.05, 0.1) is 11.1 Å². The molecular formula is C13H9BrN2O. The molecule has 3 rings (SSSR count). The zero-order chi connectivity index (χ0) is 12.0. The topological polar surface area (TPSA) is 58.9 Å². The van der Waals surface area contributed by atoms with Crippen molar-refractivity contribution in [1.82, 2.24) is 4.98 Å². The van der Waals surface area contributed by atoms with E-state index in [1.54, 1.807) is 0 Å². The third kappa shape index (κ3) is 1.45. The number of halogens is 1. The number of pyridine rings is 1. The Morgan fingerprint density at radius 2 is 1.82 bits per heavy atom. The van der Waals surface area contributed by atoms with Gasteiger partial charge in [-0.2, -0.15) is 0 Å². The van der Waals surface area contributed by atoms with E-state index in [2.05, 4.69) is 20.9 Å². The highest BCUT2D eigenvalue weighted by Crippen LogP contribution is 2.29. The predicted octanol–water partition coefficient (Wildman–Crippen LogP) is 3.03. The quantitative estimate of drug-likeness (QED) is 0.493. The Hall–Kier alpha value is -1.81. The number of fused-ring (bicyclic) bond motifs is 3. The van der Waals surface area contributed by atoms with Crippen molar-refractivity contribution in [2.24, 2.45) is 0 Å². The molecule has 3 N–H and O–H groups in total. The molecule has 0 aliphatic heterocycles. The number of nitrogens with one attached hydrogen (secondary N) is 1. The molecule has 3 aromatic rings. The van der Waals surface area contributed by atoms with Crippen molar-refractivity contribution >= 4 is 43.3 Å². The Morgan fingerprint density at radius 3 is 2.65 bits per heavy atom. The number of anilines is 1. The van der Waals surface area contributed by atoms with Gasteiger partial charge < -0.3 is 10.7 Å². The minimum atomic E-state index is -0.155. The smallest absolute Gasteiger partial charge is 0.258 e. The van der Waals surface area contributed by atoms with Gasteiger partial charge in [-0.1, -0.05) is 24.3 Å². The maximum absolute atomic E-state index is 12.0. The standard InChI is InChI=1S/C13H9BrN2O/c14-9-6-5-8-7-3-1-2-4-10(7)16-13(17)11(8)12(9)15/h1-6H,15H2,(H,16,17). The summed E-state index contributed by atoms with van der Waals surface area (Å²) in [7, 11) is 0. The molecule has 1 aromatic heterocycles. The van der Waals surface area contributed by atoms with Gasteiger partial charge in [-0.05, 0) is 33.4 Å². The van der Waals surface area contributed by atoms with Gasteiger partial charge in [-0.3, -0.25) is 4.79 Å². The van der Waals surface area contributed by atoms with Crippen LogP contribution in [0.25, 0.3) is 21.7 Å². The average molecular weight is 289 g/mol. The molecule has 84 valence electrons. The molecule has 0 radical (unpaired) electrons. The van der Waals surface area contributed by atoms with Crippen LogP contribution in [0.4, 0.5) is 5.69 Å². The van der Waals surface area contributed by atoms with Crippen LogP contribution in [0, 0.1) is 0 Å². The number of nitrogens with two attached hydrogens (primary N) is 1. The summed E-state index contributed by atoms with van der Waals surface area (Å²) in [6, 6.07) is 11.5. The largest absolute Gasteiger partial charge is 0.397 e. The number of rotatable bonds is 0. The second-order valence-corrected chi connectivity index (χ2v) is 4.74. The van der Waals surface area contributed by atoms with Crippen molar-refractivity contribution in [3.05, 3.63) is 51.2 Å². The van der Waals surface area contributed by atoms with Gasteiger partial charge in [0, 0.05) is 15.4 Å². The number of hydrogen-bond acceptors (Lipinski definition) is 2. The molecule has 0 atom stereocenters. The molecule has 0 saturated heterocycles. The second kappa shape index (κ2) is 3.60. The predicted molar refractivity (Wildman–Crippen MR) is 74.2 cm³/mol. The third-order valence-corrected chi connectivity index (χ3v) is 3.58. The van der Waals surface area contributed by atoms with Gasteiger partial charge in [-0.25, -0.2) is 0 Å². The van der Waals surface area contributed by atoms with Crippen LogP contribution in [0.3, 0.4) is 0 Å². The monoisotopic (exact) mass is 288 g/mol. The highest BCUT2D eigenvalue weighted by molar-refractivity contribution is 9.10. The maximum atomic E-state index is 12.0. The van der Waals surface area contributed by atoms with E-state index in [0.29, 0.717) is 11.1 Å². The lowest BCUT2D eigenvalue weighted by Gasteiger charge is -2.06. The van der Waals surface area contributed by atoms with E-state index >= 15 is 0 Å². The second-order valence-electron chi connectivity index (χ2n) is 3.88. The summed E-state index contributed by atoms with van der Waals surface area (Å²) in [4.78, 5) is 14.9. The first kappa shape index (κ1) is 10.4. The Bertz CT molecular complexity index is 792. The molecule has 3 nitrogen and oxygen atoms in total. The summed E-state index contributed by atoms with van der Waals surface area (Å²) in [5.41, 5.74) is 7.09. The van der Waals surface area contributed by atoms with Crippen molar-refractivity contribution in [2.45, 2.75) is 0 Å². The fraction of sp³-hybridized carbons (Fsp3) is 0. The van der Waals surface area contributed by atoms with Crippen molar-refractivity contribution in [3.63, 3.8) is 0 Å². The lowest BCUT2D eigenvalue weighted by molar-refractivity contribution is 1.34. The summed E-state index contributed by atoms with van der Waals surface area (Å²) < 4.78 is 0.741. The number of aromatic nitrogens is 1. The lowest BCUT2D eigenvalue weighted by Crippen LogP contribution is -2.09. The summed E-state index contributed by atoms with van der Waals surface area (Å²) in [5, 5.41) is 2.42. The number of benzene rings is 2. The van der Waals surface area contributed by atoms with E-state index in [-0.39, 0.29) is 5.56 Å². The highest BCUT2D eigenvalue weighted by atomic mass is 79.9. The van der Waals surface area contributed by atoms with Crippen LogP contribution in [-0.2, 0) is 0 Å². The van der Waals surface area contributed by atoms with Gasteiger partial charge in [0.15, 0.2) is 0 Å². The Balaban J connectivity index is 2.68. The molecule has 1 heterocycles. The number of para-hydroxylation sites is 1. The van der Waals surface area contributed by atoms with Crippen molar-refractivity contribution in [3.8, 4) is 0 Å². The lowest BCUT2D eigenvalue weighted by atomic mass is 10.1. The first-order valence-electron chi connectivity index (χ1n) is 5.17. The van der Waals surface area contributed by atoms with Crippen molar-refractivity contribution in [2.75, 3.05) is 5.73 Å². The van der Waals surface area contributed by atoms with Crippen LogP contribution in [0.1, 0.15) is 0 Å². The van der Waals surface area contributed by atoms with Crippen LogP contribution < -0.4 is 11.3 Å². The molecule has 0 bridgehead atoms. The zero-order valence-corrected chi connectivity index (χ0v) is 10.4. The Kier molecular flexibility index (Phi) is 2.19. The van der Waals surface area contributed by atoms with Gasteiger partial charge in [0.25, 0.3) is 5.56 Å². The molecule has 0 saturated carbocycles. The Labute approximate surface area is 105 Å². The zero-order valence-electron chi connectivity index (χ0n) is 8.83. The van der Waals surface area contributed by atoms with Crippen LogP contribution in [-0.4, -0.2) is 4.98 Å². The molecule has 2 aromatic carbocycles. The summed E-state index contributed by atoms with van der Waals surface area (Å²) in [6.07, 6.45) is 0. The number of aromatic amines is 1.